The lowest BCUT2D eigenvalue weighted by molar-refractivity contribution is -0.132. The number of amides is 1. The van der Waals surface area contributed by atoms with E-state index < -0.39 is 0 Å². The minimum atomic E-state index is 0.208. The van der Waals surface area contributed by atoms with Crippen molar-refractivity contribution in [3.63, 3.8) is 0 Å². The lowest BCUT2D eigenvalue weighted by Crippen LogP contribution is -2.43. The van der Waals surface area contributed by atoms with E-state index in [2.05, 4.69) is 28.2 Å². The molecular weight excluding hydrogens is 316 g/mol. The summed E-state index contributed by atoms with van der Waals surface area (Å²) in [6.45, 7) is 3.26. The fraction of sp³-hybridized carbons (Fsp3) is 0.562. The molecule has 3 nitrogen and oxygen atoms in total. The maximum Gasteiger partial charge on any atom is 0.242 e. The molecule has 20 heavy (non-hydrogen) atoms. The van der Waals surface area contributed by atoms with Gasteiger partial charge in [-0.3, -0.25) is 4.79 Å². The van der Waals surface area contributed by atoms with Crippen molar-refractivity contribution in [2.75, 3.05) is 18.4 Å². The third kappa shape index (κ3) is 4.23. The molecule has 1 aliphatic carbocycles. The first-order chi connectivity index (χ1) is 9.70. The highest BCUT2D eigenvalue weighted by Crippen LogP contribution is 2.22. The number of nitrogens with zero attached hydrogens (tertiary/aromatic N) is 1. The van der Waals surface area contributed by atoms with E-state index in [1.807, 2.05) is 29.2 Å². The molecule has 1 aromatic rings. The number of likely N-dealkylation sites (N-methyl/N-ethyl adjacent to an activating group) is 1. The number of carbonyl (C=O) groups excluding carboxylic acids is 1. The monoisotopic (exact) mass is 338 g/mol. The lowest BCUT2D eigenvalue weighted by Gasteiger charge is -2.33. The van der Waals surface area contributed by atoms with Crippen LogP contribution < -0.4 is 5.32 Å². The second-order valence-corrected chi connectivity index (χ2v) is 6.25. The molecule has 1 amide bonds. The molecule has 0 radical (unpaired) electrons. The smallest absolute Gasteiger partial charge is 0.242 e. The molecule has 110 valence electrons. The zero-order chi connectivity index (χ0) is 14.4. The Labute approximate surface area is 129 Å². The largest absolute Gasteiger partial charge is 0.376 e. The van der Waals surface area contributed by atoms with Crippen LogP contribution in [0.4, 0.5) is 5.69 Å². The fourth-order valence-electron chi connectivity index (χ4n) is 2.91. The van der Waals surface area contributed by atoms with Gasteiger partial charge >= 0.3 is 0 Å². The highest BCUT2D eigenvalue weighted by Gasteiger charge is 2.23. The quantitative estimate of drug-likeness (QED) is 0.878. The van der Waals surface area contributed by atoms with Gasteiger partial charge in [0.1, 0.15) is 0 Å². The van der Waals surface area contributed by atoms with Gasteiger partial charge in [0.05, 0.1) is 6.54 Å². The van der Waals surface area contributed by atoms with Crippen LogP contribution in [0.2, 0.25) is 0 Å². The SMILES string of the molecule is CCN(C(=O)CNc1cccc(Br)c1)C1CCCCC1. The standard InChI is InChI=1S/C16H23BrN2O/c1-2-19(15-9-4-3-5-10-15)16(20)12-18-14-8-6-7-13(17)11-14/h6-8,11,15,18H,2-5,9-10,12H2,1H3. The van der Waals surface area contributed by atoms with E-state index in [-0.39, 0.29) is 5.91 Å². The van der Waals surface area contributed by atoms with Gasteiger partial charge in [-0.25, -0.2) is 0 Å². The Kier molecular flexibility index (Phi) is 5.89. The molecule has 1 aliphatic rings. The van der Waals surface area contributed by atoms with Gasteiger partial charge in [0.25, 0.3) is 0 Å². The minimum absolute atomic E-state index is 0.208. The van der Waals surface area contributed by atoms with E-state index in [9.17, 15) is 4.79 Å². The van der Waals surface area contributed by atoms with Crippen molar-refractivity contribution >= 4 is 27.5 Å². The Hall–Kier alpha value is -1.03. The molecule has 0 aliphatic heterocycles. The fourth-order valence-corrected chi connectivity index (χ4v) is 3.31. The van der Waals surface area contributed by atoms with E-state index in [1.54, 1.807) is 0 Å². The van der Waals surface area contributed by atoms with E-state index in [4.69, 9.17) is 0 Å². The molecule has 4 heteroatoms. The third-order valence-corrected chi connectivity index (χ3v) is 4.44. The molecule has 0 spiro atoms. The van der Waals surface area contributed by atoms with Gasteiger partial charge in [-0.1, -0.05) is 41.3 Å². The van der Waals surface area contributed by atoms with Crippen LogP contribution in [0.25, 0.3) is 0 Å². The van der Waals surface area contributed by atoms with Crippen molar-refractivity contribution in [2.45, 2.75) is 45.1 Å². The highest BCUT2D eigenvalue weighted by atomic mass is 79.9. The molecule has 1 saturated carbocycles. The zero-order valence-corrected chi connectivity index (χ0v) is 13.7. The van der Waals surface area contributed by atoms with Crippen molar-refractivity contribution in [3.8, 4) is 0 Å². The van der Waals surface area contributed by atoms with Gasteiger partial charge < -0.3 is 10.2 Å². The molecule has 0 bridgehead atoms. The number of halogens is 1. The minimum Gasteiger partial charge on any atom is -0.376 e. The number of nitrogens with one attached hydrogen (secondary N) is 1. The Morgan fingerprint density at radius 2 is 2.10 bits per heavy atom. The highest BCUT2D eigenvalue weighted by molar-refractivity contribution is 9.10. The van der Waals surface area contributed by atoms with Gasteiger partial charge in [-0.05, 0) is 38.0 Å². The summed E-state index contributed by atoms with van der Waals surface area (Å²) in [4.78, 5) is 14.4. The average Bonchev–Trinajstić information content (AvgIpc) is 2.47. The van der Waals surface area contributed by atoms with E-state index >= 15 is 0 Å². The number of benzene rings is 1. The van der Waals surface area contributed by atoms with Crippen LogP contribution >= 0.6 is 15.9 Å². The molecule has 0 saturated heterocycles. The van der Waals surface area contributed by atoms with E-state index in [0.29, 0.717) is 12.6 Å². The van der Waals surface area contributed by atoms with Gasteiger partial charge in [0, 0.05) is 22.7 Å². The molecular formula is C16H23BrN2O. The number of hydrogen-bond donors (Lipinski definition) is 1. The number of hydrogen-bond acceptors (Lipinski definition) is 2. The van der Waals surface area contributed by atoms with E-state index in [1.165, 1.54) is 19.3 Å². The molecule has 0 heterocycles. The molecule has 0 atom stereocenters. The van der Waals surface area contributed by atoms with Crippen molar-refractivity contribution in [2.24, 2.45) is 0 Å². The second kappa shape index (κ2) is 7.67. The number of rotatable bonds is 5. The lowest BCUT2D eigenvalue weighted by atomic mass is 9.94. The predicted molar refractivity (Wildman–Crippen MR) is 86.9 cm³/mol. The normalized spacial score (nSPS) is 15.9. The topological polar surface area (TPSA) is 32.3 Å². The maximum absolute atomic E-state index is 12.4. The first kappa shape index (κ1) is 15.4. The molecule has 1 aromatic carbocycles. The van der Waals surface area contributed by atoms with Gasteiger partial charge in [0.15, 0.2) is 0 Å². The molecule has 0 aromatic heterocycles. The van der Waals surface area contributed by atoms with Crippen LogP contribution in [0.1, 0.15) is 39.0 Å². The van der Waals surface area contributed by atoms with E-state index in [0.717, 1.165) is 29.5 Å². The summed E-state index contributed by atoms with van der Waals surface area (Å²) >= 11 is 3.44. The van der Waals surface area contributed by atoms with Crippen LogP contribution in [0.15, 0.2) is 28.7 Å². The summed E-state index contributed by atoms with van der Waals surface area (Å²) in [7, 11) is 0. The second-order valence-electron chi connectivity index (χ2n) is 5.34. The van der Waals surface area contributed by atoms with Crippen LogP contribution in [0.5, 0.6) is 0 Å². The number of anilines is 1. The van der Waals surface area contributed by atoms with Gasteiger partial charge in [-0.15, -0.1) is 0 Å². The number of carbonyl (C=O) groups is 1. The average molecular weight is 339 g/mol. The summed E-state index contributed by atoms with van der Waals surface area (Å²) in [6, 6.07) is 8.37. The van der Waals surface area contributed by atoms with Gasteiger partial charge in [-0.2, -0.15) is 0 Å². The molecule has 1 N–H and O–H groups in total. The van der Waals surface area contributed by atoms with Gasteiger partial charge in [0.2, 0.25) is 5.91 Å². The van der Waals surface area contributed by atoms with Crippen molar-refractivity contribution < 1.29 is 4.79 Å². The third-order valence-electron chi connectivity index (χ3n) is 3.94. The summed E-state index contributed by atoms with van der Waals surface area (Å²) < 4.78 is 1.02. The maximum atomic E-state index is 12.4. The van der Waals surface area contributed by atoms with Crippen LogP contribution in [-0.4, -0.2) is 29.9 Å². The summed E-state index contributed by atoms with van der Waals surface area (Å²) in [6.07, 6.45) is 6.16. The first-order valence-electron chi connectivity index (χ1n) is 7.49. The van der Waals surface area contributed by atoms with Crippen molar-refractivity contribution in [1.82, 2.24) is 4.90 Å². The molecule has 1 fully saturated rings. The van der Waals surface area contributed by atoms with Crippen LogP contribution in [0.3, 0.4) is 0 Å². The van der Waals surface area contributed by atoms with Crippen molar-refractivity contribution in [3.05, 3.63) is 28.7 Å². The molecule has 0 unspecified atom stereocenters. The zero-order valence-electron chi connectivity index (χ0n) is 12.1. The first-order valence-corrected chi connectivity index (χ1v) is 8.29. The Bertz CT molecular complexity index is 444. The van der Waals surface area contributed by atoms with Crippen molar-refractivity contribution in [1.29, 1.82) is 0 Å². The Morgan fingerprint density at radius 1 is 1.35 bits per heavy atom. The van der Waals surface area contributed by atoms with Crippen LogP contribution in [0, 0.1) is 0 Å². The van der Waals surface area contributed by atoms with Crippen LogP contribution in [-0.2, 0) is 4.79 Å². The Balaban J connectivity index is 1.88. The summed E-state index contributed by atoms with van der Waals surface area (Å²) in [5.74, 6) is 0.208. The summed E-state index contributed by atoms with van der Waals surface area (Å²) in [5.41, 5.74) is 0.979. The summed E-state index contributed by atoms with van der Waals surface area (Å²) in [5, 5.41) is 3.22. The Morgan fingerprint density at radius 3 is 2.75 bits per heavy atom. The molecule has 2 rings (SSSR count). The predicted octanol–water partition coefficient (Wildman–Crippen LogP) is 4.04.